The van der Waals surface area contributed by atoms with Gasteiger partial charge < -0.3 is 11.1 Å². The predicted molar refractivity (Wildman–Crippen MR) is 75.6 cm³/mol. The van der Waals surface area contributed by atoms with E-state index in [1.165, 1.54) is 6.42 Å². The second-order valence-electron chi connectivity index (χ2n) is 4.97. The number of aromatic nitrogens is 1. The first-order chi connectivity index (χ1) is 9.29. The molecule has 1 aromatic heterocycles. The summed E-state index contributed by atoms with van der Waals surface area (Å²) in [6, 6.07) is 10.3. The molecule has 3 rings (SSSR count). The van der Waals surface area contributed by atoms with Crippen molar-refractivity contribution in [2.45, 2.75) is 25.3 Å². The Morgan fingerprint density at radius 1 is 1.42 bits per heavy atom. The van der Waals surface area contributed by atoms with Crippen LogP contribution in [-0.2, 0) is 6.42 Å². The van der Waals surface area contributed by atoms with Gasteiger partial charge in [0, 0.05) is 17.8 Å². The molecule has 4 heteroatoms. The summed E-state index contributed by atoms with van der Waals surface area (Å²) in [6.07, 6.45) is 3.10. The average molecular weight is 252 g/mol. The van der Waals surface area contributed by atoms with Crippen LogP contribution >= 0.6 is 0 Å². The molecule has 0 amide bonds. The first kappa shape index (κ1) is 11.9. The van der Waals surface area contributed by atoms with Gasteiger partial charge in [-0.1, -0.05) is 18.2 Å². The summed E-state index contributed by atoms with van der Waals surface area (Å²) >= 11 is 0. The zero-order valence-corrected chi connectivity index (χ0v) is 10.7. The minimum Gasteiger partial charge on any atom is -0.397 e. The van der Waals surface area contributed by atoms with E-state index in [2.05, 4.69) is 16.4 Å². The molecule has 0 aliphatic carbocycles. The van der Waals surface area contributed by atoms with Crippen LogP contribution in [0.15, 0.2) is 24.3 Å². The van der Waals surface area contributed by atoms with Gasteiger partial charge in [0.15, 0.2) is 0 Å². The van der Waals surface area contributed by atoms with Crippen LogP contribution < -0.4 is 11.1 Å². The number of anilines is 1. The SMILES string of the molecule is N#Cc1c(CC2CCCN2)nc2ccccc2c1N. The van der Waals surface area contributed by atoms with Gasteiger partial charge >= 0.3 is 0 Å². The number of nitrogens with one attached hydrogen (secondary N) is 1. The molecule has 19 heavy (non-hydrogen) atoms. The maximum atomic E-state index is 9.34. The van der Waals surface area contributed by atoms with Gasteiger partial charge in [-0.15, -0.1) is 0 Å². The van der Waals surface area contributed by atoms with Gasteiger partial charge in [-0.2, -0.15) is 5.26 Å². The normalized spacial score (nSPS) is 18.6. The van der Waals surface area contributed by atoms with Gasteiger partial charge in [-0.25, -0.2) is 0 Å². The van der Waals surface area contributed by atoms with Crippen molar-refractivity contribution < 1.29 is 0 Å². The second-order valence-corrected chi connectivity index (χ2v) is 4.97. The third kappa shape index (κ3) is 2.13. The van der Waals surface area contributed by atoms with Crippen molar-refractivity contribution >= 4 is 16.6 Å². The number of pyridine rings is 1. The summed E-state index contributed by atoms with van der Waals surface area (Å²) in [7, 11) is 0. The van der Waals surface area contributed by atoms with E-state index in [1.807, 2.05) is 24.3 Å². The lowest BCUT2D eigenvalue weighted by Crippen LogP contribution is -2.24. The standard InChI is InChI=1S/C15H16N4/c16-9-12-14(8-10-4-3-7-18-10)19-13-6-2-1-5-11(13)15(12)17/h1-2,5-6,10,18H,3-4,7-8H2,(H2,17,19). The predicted octanol–water partition coefficient (Wildman–Crippen LogP) is 1.98. The average Bonchev–Trinajstić information content (AvgIpc) is 2.92. The van der Waals surface area contributed by atoms with E-state index in [-0.39, 0.29) is 0 Å². The summed E-state index contributed by atoms with van der Waals surface area (Å²) in [5.41, 5.74) is 8.90. The van der Waals surface area contributed by atoms with E-state index in [1.54, 1.807) is 0 Å². The zero-order valence-electron chi connectivity index (χ0n) is 10.7. The molecule has 1 aromatic carbocycles. The van der Waals surface area contributed by atoms with E-state index in [0.717, 1.165) is 36.0 Å². The number of para-hydroxylation sites is 1. The van der Waals surface area contributed by atoms with Gasteiger partial charge in [0.05, 0.1) is 22.5 Å². The van der Waals surface area contributed by atoms with Crippen molar-refractivity contribution in [1.82, 2.24) is 10.3 Å². The topological polar surface area (TPSA) is 74.7 Å². The third-order valence-electron chi connectivity index (χ3n) is 3.72. The second kappa shape index (κ2) is 4.87. The van der Waals surface area contributed by atoms with Crippen LogP contribution in [0.1, 0.15) is 24.1 Å². The van der Waals surface area contributed by atoms with Crippen LogP contribution in [-0.4, -0.2) is 17.6 Å². The molecule has 1 aliphatic heterocycles. The van der Waals surface area contributed by atoms with Crippen LogP contribution in [0.4, 0.5) is 5.69 Å². The van der Waals surface area contributed by atoms with E-state index >= 15 is 0 Å². The summed E-state index contributed by atoms with van der Waals surface area (Å²) in [5.74, 6) is 0. The van der Waals surface area contributed by atoms with Crippen molar-refractivity contribution in [3.05, 3.63) is 35.5 Å². The molecule has 0 radical (unpaired) electrons. The monoisotopic (exact) mass is 252 g/mol. The number of nitrogens with two attached hydrogens (primary N) is 1. The molecule has 1 aliphatic rings. The number of nitrogen functional groups attached to an aromatic ring is 1. The fourth-order valence-corrected chi connectivity index (χ4v) is 2.73. The van der Waals surface area contributed by atoms with Gasteiger partial charge in [-0.3, -0.25) is 4.98 Å². The van der Waals surface area contributed by atoms with Crippen molar-refractivity contribution in [1.29, 1.82) is 5.26 Å². The minimum atomic E-state index is 0.417. The number of benzene rings is 1. The Morgan fingerprint density at radius 3 is 3.00 bits per heavy atom. The third-order valence-corrected chi connectivity index (χ3v) is 3.72. The molecule has 0 spiro atoms. The lowest BCUT2D eigenvalue weighted by Gasteiger charge is -2.13. The molecule has 1 saturated heterocycles. The Morgan fingerprint density at radius 2 is 2.26 bits per heavy atom. The zero-order chi connectivity index (χ0) is 13.2. The maximum absolute atomic E-state index is 9.34. The van der Waals surface area contributed by atoms with Crippen molar-refractivity contribution in [2.75, 3.05) is 12.3 Å². The quantitative estimate of drug-likeness (QED) is 0.857. The Labute approximate surface area is 112 Å². The highest BCUT2D eigenvalue weighted by Gasteiger charge is 2.19. The van der Waals surface area contributed by atoms with E-state index in [4.69, 9.17) is 5.73 Å². The molecule has 0 saturated carbocycles. The summed E-state index contributed by atoms with van der Waals surface area (Å²) in [4.78, 5) is 4.63. The molecule has 0 bridgehead atoms. The van der Waals surface area contributed by atoms with Gasteiger partial charge in [-0.05, 0) is 25.5 Å². The van der Waals surface area contributed by atoms with Crippen LogP contribution in [0.25, 0.3) is 10.9 Å². The van der Waals surface area contributed by atoms with Gasteiger partial charge in [0.1, 0.15) is 6.07 Å². The first-order valence-electron chi connectivity index (χ1n) is 6.60. The van der Waals surface area contributed by atoms with Crippen molar-refractivity contribution in [2.24, 2.45) is 0 Å². The van der Waals surface area contributed by atoms with Gasteiger partial charge in [0.2, 0.25) is 0 Å². The molecule has 1 atom stereocenters. The molecular weight excluding hydrogens is 236 g/mol. The lowest BCUT2D eigenvalue weighted by molar-refractivity contribution is 0.595. The first-order valence-corrected chi connectivity index (χ1v) is 6.60. The molecule has 1 unspecified atom stereocenters. The number of nitriles is 1. The van der Waals surface area contributed by atoms with Crippen LogP contribution in [0.3, 0.4) is 0 Å². The van der Waals surface area contributed by atoms with Crippen LogP contribution in [0.5, 0.6) is 0 Å². The summed E-state index contributed by atoms with van der Waals surface area (Å²) in [6.45, 7) is 1.05. The smallest absolute Gasteiger partial charge is 0.103 e. The number of rotatable bonds is 2. The van der Waals surface area contributed by atoms with Crippen molar-refractivity contribution in [3.8, 4) is 6.07 Å². The van der Waals surface area contributed by atoms with Crippen molar-refractivity contribution in [3.63, 3.8) is 0 Å². The van der Waals surface area contributed by atoms with Crippen LogP contribution in [0.2, 0.25) is 0 Å². The minimum absolute atomic E-state index is 0.417. The molecular formula is C15H16N4. The molecule has 2 aromatic rings. The van der Waals surface area contributed by atoms with E-state index in [9.17, 15) is 5.26 Å². The fourth-order valence-electron chi connectivity index (χ4n) is 2.73. The Hall–Kier alpha value is -2.12. The Balaban J connectivity index is 2.09. The Kier molecular flexibility index (Phi) is 3.06. The largest absolute Gasteiger partial charge is 0.397 e. The molecule has 4 nitrogen and oxygen atoms in total. The number of nitrogens with zero attached hydrogens (tertiary/aromatic N) is 2. The van der Waals surface area contributed by atoms with E-state index < -0.39 is 0 Å². The summed E-state index contributed by atoms with van der Waals surface area (Å²) in [5, 5.41) is 13.6. The molecule has 1 fully saturated rings. The lowest BCUT2D eigenvalue weighted by atomic mass is 10.0. The van der Waals surface area contributed by atoms with Crippen LogP contribution in [0, 0.1) is 11.3 Å². The fraction of sp³-hybridized carbons (Fsp3) is 0.333. The summed E-state index contributed by atoms with van der Waals surface area (Å²) < 4.78 is 0. The highest BCUT2D eigenvalue weighted by Crippen LogP contribution is 2.26. The van der Waals surface area contributed by atoms with Gasteiger partial charge in [0.25, 0.3) is 0 Å². The molecule has 3 N–H and O–H groups in total. The maximum Gasteiger partial charge on any atom is 0.103 e. The van der Waals surface area contributed by atoms with E-state index in [0.29, 0.717) is 17.3 Å². The number of hydrogen-bond donors (Lipinski definition) is 2. The number of hydrogen-bond acceptors (Lipinski definition) is 4. The molecule has 2 heterocycles. The highest BCUT2D eigenvalue weighted by atomic mass is 14.9. The number of fused-ring (bicyclic) bond motifs is 1. The Bertz CT molecular complexity index is 651. The highest BCUT2D eigenvalue weighted by molar-refractivity contribution is 5.93. The molecule has 96 valence electrons.